The van der Waals surface area contributed by atoms with Crippen molar-refractivity contribution >= 4 is 5.69 Å². The first-order valence-corrected chi connectivity index (χ1v) is 8.31. The molecule has 1 aliphatic rings. The third kappa shape index (κ3) is 3.97. The van der Waals surface area contributed by atoms with Crippen LogP contribution in [0.1, 0.15) is 64.5 Å². The van der Waals surface area contributed by atoms with E-state index in [-0.39, 0.29) is 11.9 Å². The second kappa shape index (κ2) is 7.26. The predicted octanol–water partition coefficient (Wildman–Crippen LogP) is 4.64. The molecule has 0 bridgehead atoms. The lowest BCUT2D eigenvalue weighted by Gasteiger charge is -2.34. The zero-order valence-corrected chi connectivity index (χ0v) is 13.6. The number of para-hydroxylation sites is 1. The van der Waals surface area contributed by atoms with Gasteiger partial charge in [-0.2, -0.15) is 0 Å². The number of rotatable bonds is 6. The molecule has 118 valence electrons. The molecule has 1 aromatic carbocycles. The van der Waals surface area contributed by atoms with E-state index < -0.39 is 0 Å². The first-order valence-electron chi connectivity index (χ1n) is 8.31. The summed E-state index contributed by atoms with van der Waals surface area (Å²) in [6.45, 7) is 7.30. The number of nitrogens with two attached hydrogens (primary N) is 1. The number of nitrogens with zero attached hydrogens (tertiary/aromatic N) is 1. The van der Waals surface area contributed by atoms with Crippen molar-refractivity contribution in [2.24, 2.45) is 11.7 Å². The molecule has 0 unspecified atom stereocenters. The van der Waals surface area contributed by atoms with Crippen molar-refractivity contribution in [2.45, 2.75) is 65.0 Å². The molecular weight excluding hydrogens is 263 g/mol. The topological polar surface area (TPSA) is 29.3 Å². The van der Waals surface area contributed by atoms with E-state index in [4.69, 9.17) is 5.73 Å². The van der Waals surface area contributed by atoms with Crippen molar-refractivity contribution in [2.75, 3.05) is 11.4 Å². The summed E-state index contributed by atoms with van der Waals surface area (Å²) >= 11 is 0. The summed E-state index contributed by atoms with van der Waals surface area (Å²) in [6.07, 6.45) is 5.94. The Bertz CT molecular complexity index is 451. The Morgan fingerprint density at radius 3 is 2.48 bits per heavy atom. The van der Waals surface area contributed by atoms with Crippen LogP contribution in [0.15, 0.2) is 18.2 Å². The van der Waals surface area contributed by atoms with Gasteiger partial charge >= 0.3 is 0 Å². The maximum absolute atomic E-state index is 14.5. The number of hydrogen-bond donors (Lipinski definition) is 1. The summed E-state index contributed by atoms with van der Waals surface area (Å²) in [4.78, 5) is 2.31. The lowest BCUT2D eigenvalue weighted by atomic mass is 10.0. The Kier molecular flexibility index (Phi) is 5.63. The van der Waals surface area contributed by atoms with Gasteiger partial charge < -0.3 is 10.6 Å². The zero-order chi connectivity index (χ0) is 15.4. The van der Waals surface area contributed by atoms with Crippen LogP contribution in [0.2, 0.25) is 0 Å². The van der Waals surface area contributed by atoms with E-state index in [0.717, 1.165) is 24.2 Å². The second-order valence-electron chi connectivity index (χ2n) is 6.78. The monoisotopic (exact) mass is 292 g/mol. The van der Waals surface area contributed by atoms with Crippen molar-refractivity contribution in [3.63, 3.8) is 0 Å². The largest absolute Gasteiger partial charge is 0.366 e. The van der Waals surface area contributed by atoms with E-state index in [1.807, 2.05) is 13.0 Å². The van der Waals surface area contributed by atoms with E-state index in [1.165, 1.54) is 25.7 Å². The number of anilines is 1. The molecule has 0 heterocycles. The van der Waals surface area contributed by atoms with Crippen molar-refractivity contribution < 1.29 is 4.39 Å². The minimum Gasteiger partial charge on any atom is -0.366 e. The number of benzene rings is 1. The van der Waals surface area contributed by atoms with Crippen LogP contribution in [0.3, 0.4) is 0 Å². The minimum absolute atomic E-state index is 0.125. The third-order valence-corrected chi connectivity index (χ3v) is 4.51. The molecule has 0 aromatic heterocycles. The zero-order valence-electron chi connectivity index (χ0n) is 13.6. The first-order chi connectivity index (χ1) is 10.0. The fraction of sp³-hybridized carbons (Fsp3) is 0.667. The molecule has 0 spiro atoms. The summed E-state index contributed by atoms with van der Waals surface area (Å²) in [5.74, 6) is 0.500. The van der Waals surface area contributed by atoms with Gasteiger partial charge in [-0.25, -0.2) is 4.39 Å². The van der Waals surface area contributed by atoms with Gasteiger partial charge in [-0.1, -0.05) is 38.8 Å². The van der Waals surface area contributed by atoms with Gasteiger partial charge in [-0.05, 0) is 43.7 Å². The average molecular weight is 292 g/mol. The first kappa shape index (κ1) is 16.3. The Morgan fingerprint density at radius 2 is 1.90 bits per heavy atom. The van der Waals surface area contributed by atoms with Crippen molar-refractivity contribution in [1.82, 2.24) is 0 Å². The molecule has 2 N–H and O–H groups in total. The molecule has 1 fully saturated rings. The van der Waals surface area contributed by atoms with E-state index in [9.17, 15) is 4.39 Å². The van der Waals surface area contributed by atoms with E-state index >= 15 is 0 Å². The van der Waals surface area contributed by atoms with Gasteiger partial charge in [0, 0.05) is 18.6 Å². The normalized spacial score (nSPS) is 17.4. The lowest BCUT2D eigenvalue weighted by molar-refractivity contribution is 0.514. The highest BCUT2D eigenvalue weighted by Gasteiger charge is 2.27. The SMILES string of the molecule is CC(C)CCN(c1c(F)cccc1[C@H](C)N)C1CCCC1. The second-order valence-corrected chi connectivity index (χ2v) is 6.78. The highest BCUT2D eigenvalue weighted by molar-refractivity contribution is 5.57. The van der Waals surface area contributed by atoms with Crippen molar-refractivity contribution in [1.29, 1.82) is 0 Å². The molecule has 0 radical (unpaired) electrons. The van der Waals surface area contributed by atoms with Gasteiger partial charge in [-0.3, -0.25) is 0 Å². The number of halogens is 1. The molecule has 1 saturated carbocycles. The Balaban J connectivity index is 2.35. The van der Waals surface area contributed by atoms with Crippen LogP contribution in [-0.4, -0.2) is 12.6 Å². The molecule has 0 aliphatic heterocycles. The smallest absolute Gasteiger partial charge is 0.146 e. The maximum atomic E-state index is 14.5. The molecule has 0 saturated heterocycles. The van der Waals surface area contributed by atoms with Crippen LogP contribution >= 0.6 is 0 Å². The number of hydrogen-bond acceptors (Lipinski definition) is 2. The minimum atomic E-state index is -0.140. The average Bonchev–Trinajstić information content (AvgIpc) is 2.93. The van der Waals surface area contributed by atoms with Gasteiger partial charge in [0.15, 0.2) is 0 Å². The highest BCUT2D eigenvalue weighted by atomic mass is 19.1. The molecule has 0 amide bonds. The summed E-state index contributed by atoms with van der Waals surface area (Å²) in [5, 5.41) is 0. The standard InChI is InChI=1S/C18H29FN2/c1-13(2)11-12-21(15-7-4-5-8-15)18-16(14(3)20)9-6-10-17(18)19/h6,9-10,13-15H,4-5,7-8,11-12,20H2,1-3H3/t14-/m0/s1. The Morgan fingerprint density at radius 1 is 1.24 bits per heavy atom. The molecule has 21 heavy (non-hydrogen) atoms. The highest BCUT2D eigenvalue weighted by Crippen LogP contribution is 2.35. The molecular formula is C18H29FN2. The lowest BCUT2D eigenvalue weighted by Crippen LogP contribution is -2.36. The Hall–Kier alpha value is -1.09. The van der Waals surface area contributed by atoms with Gasteiger partial charge in [0.25, 0.3) is 0 Å². The quantitative estimate of drug-likeness (QED) is 0.827. The molecule has 2 nitrogen and oxygen atoms in total. The summed E-state index contributed by atoms with van der Waals surface area (Å²) < 4.78 is 14.5. The summed E-state index contributed by atoms with van der Waals surface area (Å²) in [5.41, 5.74) is 7.77. The van der Waals surface area contributed by atoms with Crippen LogP contribution in [0.5, 0.6) is 0 Å². The van der Waals surface area contributed by atoms with Crippen molar-refractivity contribution in [3.05, 3.63) is 29.6 Å². The predicted molar refractivity (Wildman–Crippen MR) is 88.1 cm³/mol. The summed E-state index contributed by atoms with van der Waals surface area (Å²) in [6, 6.07) is 5.64. The molecule has 2 rings (SSSR count). The van der Waals surface area contributed by atoms with E-state index in [0.29, 0.717) is 12.0 Å². The van der Waals surface area contributed by atoms with Crippen LogP contribution < -0.4 is 10.6 Å². The van der Waals surface area contributed by atoms with Crippen LogP contribution in [0.25, 0.3) is 0 Å². The fourth-order valence-electron chi connectivity index (χ4n) is 3.29. The molecule has 1 aliphatic carbocycles. The third-order valence-electron chi connectivity index (χ3n) is 4.51. The van der Waals surface area contributed by atoms with Gasteiger partial charge in [0.2, 0.25) is 0 Å². The fourth-order valence-corrected chi connectivity index (χ4v) is 3.29. The van der Waals surface area contributed by atoms with Crippen molar-refractivity contribution in [3.8, 4) is 0 Å². The van der Waals surface area contributed by atoms with Gasteiger partial charge in [-0.15, -0.1) is 0 Å². The van der Waals surface area contributed by atoms with Gasteiger partial charge in [0.1, 0.15) is 5.82 Å². The van der Waals surface area contributed by atoms with Crippen LogP contribution in [-0.2, 0) is 0 Å². The maximum Gasteiger partial charge on any atom is 0.146 e. The Labute approximate surface area is 128 Å². The van der Waals surface area contributed by atoms with E-state index in [2.05, 4.69) is 18.7 Å². The van der Waals surface area contributed by atoms with Gasteiger partial charge in [0.05, 0.1) is 5.69 Å². The molecule has 1 atom stereocenters. The summed E-state index contributed by atoms with van der Waals surface area (Å²) in [7, 11) is 0. The molecule has 3 heteroatoms. The molecule has 1 aromatic rings. The van der Waals surface area contributed by atoms with Crippen LogP contribution in [0.4, 0.5) is 10.1 Å². The van der Waals surface area contributed by atoms with E-state index in [1.54, 1.807) is 12.1 Å². The van der Waals surface area contributed by atoms with Crippen LogP contribution in [0, 0.1) is 11.7 Å².